The summed E-state index contributed by atoms with van der Waals surface area (Å²) >= 11 is 0. The minimum absolute atomic E-state index is 0.513. The fourth-order valence-electron chi connectivity index (χ4n) is 19.0. The molecule has 0 heterocycles. The van der Waals surface area contributed by atoms with Crippen molar-refractivity contribution in [2.45, 2.75) is 204 Å². The molecule has 0 aromatic rings. The first-order valence-corrected chi connectivity index (χ1v) is 24.4. The second-order valence-corrected chi connectivity index (χ2v) is 23.7. The highest BCUT2D eigenvalue weighted by Gasteiger charge is 2.73. The topological polar surface area (TPSA) is 0 Å². The Morgan fingerprint density at radius 3 is 1.67 bits per heavy atom. The molecular formula is C51H88. The summed E-state index contributed by atoms with van der Waals surface area (Å²) in [5.41, 5.74) is 2.21. The molecule has 0 bridgehead atoms. The van der Waals surface area contributed by atoms with Crippen LogP contribution in [0.2, 0.25) is 0 Å². The van der Waals surface area contributed by atoms with Gasteiger partial charge in [0, 0.05) is 0 Å². The third kappa shape index (κ3) is 5.71. The normalized spacial score (nSPS) is 49.1. The van der Waals surface area contributed by atoms with Gasteiger partial charge in [0.15, 0.2) is 0 Å². The molecule has 51 heavy (non-hydrogen) atoms. The van der Waals surface area contributed by atoms with E-state index in [1.165, 1.54) is 38.5 Å². The maximum Gasteiger partial charge on any atom is -0.0227 e. The molecule has 0 N–H and O–H groups in total. The molecule has 0 amide bonds. The summed E-state index contributed by atoms with van der Waals surface area (Å²) in [6, 6.07) is 0. The van der Waals surface area contributed by atoms with Gasteiger partial charge in [0.05, 0.1) is 0 Å². The molecule has 8 aliphatic rings. The molecule has 0 aliphatic heterocycles. The quantitative estimate of drug-likeness (QED) is 0.236. The van der Waals surface area contributed by atoms with Gasteiger partial charge < -0.3 is 0 Å². The minimum atomic E-state index is 0.513. The average Bonchev–Trinajstić information content (AvgIpc) is 3.54. The molecule has 8 saturated carbocycles. The van der Waals surface area contributed by atoms with Crippen LogP contribution in [-0.4, -0.2) is 0 Å². The van der Waals surface area contributed by atoms with Crippen molar-refractivity contribution in [3.05, 3.63) is 0 Å². The van der Waals surface area contributed by atoms with E-state index >= 15 is 0 Å². The summed E-state index contributed by atoms with van der Waals surface area (Å²) in [5.74, 6) is 16.4. The van der Waals surface area contributed by atoms with Crippen molar-refractivity contribution < 1.29 is 0 Å². The standard InChI is InChI=1S/C51H88/c1-11-49(9,12-2)35-29-36(50(10,13-3)14-4)31-51(30-35)43-26-25-42-46(44-38-21-16-15-19-33(38)23-24-41(44)48(42,7)8)45(43)40-28-34(27-32(5)6)37-20-17-18-22-39(37)47(40)51/h32-47H,11-31H2,1-10H3. The van der Waals surface area contributed by atoms with Crippen molar-refractivity contribution in [2.75, 3.05) is 0 Å². The first-order chi connectivity index (χ1) is 24.4. The largest absolute Gasteiger partial charge is 0.0649 e. The highest BCUT2D eigenvalue weighted by atomic mass is 14.8. The molecule has 15 atom stereocenters. The Morgan fingerprint density at radius 2 is 1.06 bits per heavy atom. The summed E-state index contributed by atoms with van der Waals surface area (Å²) in [7, 11) is 0. The van der Waals surface area contributed by atoms with Crippen molar-refractivity contribution in [3.8, 4) is 0 Å². The van der Waals surface area contributed by atoms with Crippen LogP contribution in [0, 0.1) is 116 Å². The molecule has 0 saturated heterocycles. The van der Waals surface area contributed by atoms with Crippen molar-refractivity contribution >= 4 is 0 Å². The van der Waals surface area contributed by atoms with Gasteiger partial charge in [0.25, 0.3) is 0 Å². The summed E-state index contributed by atoms with van der Waals surface area (Å²) in [6.07, 6.45) is 32.5. The lowest BCUT2D eigenvalue weighted by atomic mass is 9.44. The van der Waals surface area contributed by atoms with E-state index in [1.807, 2.05) is 0 Å². The molecule has 8 fully saturated rings. The summed E-state index contributed by atoms with van der Waals surface area (Å²) < 4.78 is 0. The van der Waals surface area contributed by atoms with Crippen molar-refractivity contribution in [1.82, 2.24) is 0 Å². The Bertz CT molecular complexity index is 1170. The smallest absolute Gasteiger partial charge is 0.0227 e. The third-order valence-electron chi connectivity index (χ3n) is 22.0. The maximum absolute atomic E-state index is 2.84. The van der Waals surface area contributed by atoms with Gasteiger partial charge in [0.1, 0.15) is 0 Å². The lowest BCUT2D eigenvalue weighted by molar-refractivity contribution is -0.116. The fraction of sp³-hybridized carbons (Fsp3) is 1.00. The van der Waals surface area contributed by atoms with Crippen molar-refractivity contribution in [3.63, 3.8) is 0 Å². The van der Waals surface area contributed by atoms with Gasteiger partial charge in [0.2, 0.25) is 0 Å². The summed E-state index contributed by atoms with van der Waals surface area (Å²) in [5, 5.41) is 0. The zero-order valence-corrected chi connectivity index (χ0v) is 36.1. The third-order valence-corrected chi connectivity index (χ3v) is 22.0. The first-order valence-electron chi connectivity index (χ1n) is 24.4. The second-order valence-electron chi connectivity index (χ2n) is 23.7. The Balaban J connectivity index is 1.30. The molecule has 0 radical (unpaired) electrons. The van der Waals surface area contributed by atoms with Crippen LogP contribution < -0.4 is 0 Å². The molecule has 0 aromatic carbocycles. The van der Waals surface area contributed by atoms with E-state index in [0.717, 1.165) is 94.7 Å². The Hall–Kier alpha value is 0. The van der Waals surface area contributed by atoms with E-state index in [2.05, 4.69) is 69.2 Å². The zero-order chi connectivity index (χ0) is 36.1. The van der Waals surface area contributed by atoms with E-state index in [1.54, 1.807) is 96.3 Å². The molecular weight excluding hydrogens is 613 g/mol. The monoisotopic (exact) mass is 701 g/mol. The fourth-order valence-corrected chi connectivity index (χ4v) is 19.0. The van der Waals surface area contributed by atoms with Gasteiger partial charge in [-0.05, 0) is 193 Å². The maximum atomic E-state index is 2.84. The van der Waals surface area contributed by atoms with Gasteiger partial charge >= 0.3 is 0 Å². The zero-order valence-electron chi connectivity index (χ0n) is 36.1. The highest BCUT2D eigenvalue weighted by Crippen LogP contribution is 2.79. The predicted molar refractivity (Wildman–Crippen MR) is 219 cm³/mol. The number of hydrogen-bond acceptors (Lipinski definition) is 0. The molecule has 292 valence electrons. The van der Waals surface area contributed by atoms with Crippen LogP contribution in [0.4, 0.5) is 0 Å². The van der Waals surface area contributed by atoms with E-state index in [-0.39, 0.29) is 0 Å². The van der Waals surface area contributed by atoms with Crippen LogP contribution in [0.3, 0.4) is 0 Å². The van der Waals surface area contributed by atoms with Crippen LogP contribution in [-0.2, 0) is 0 Å². The molecule has 8 aliphatic carbocycles. The minimum Gasteiger partial charge on any atom is -0.0649 e. The average molecular weight is 701 g/mol. The van der Waals surface area contributed by atoms with Gasteiger partial charge in [-0.3, -0.25) is 0 Å². The van der Waals surface area contributed by atoms with Crippen LogP contribution in [0.1, 0.15) is 204 Å². The summed E-state index contributed by atoms with van der Waals surface area (Å²) in [6.45, 7) is 26.8. The predicted octanol–water partition coefficient (Wildman–Crippen LogP) is 15.3. The van der Waals surface area contributed by atoms with Crippen LogP contribution in [0.5, 0.6) is 0 Å². The van der Waals surface area contributed by atoms with Crippen molar-refractivity contribution in [2.24, 2.45) is 116 Å². The lowest BCUT2D eigenvalue weighted by Crippen LogP contribution is -2.53. The molecule has 0 heteroatoms. The Morgan fingerprint density at radius 1 is 0.549 bits per heavy atom. The van der Waals surface area contributed by atoms with E-state index in [4.69, 9.17) is 0 Å². The SMILES string of the molecule is CCC(C)(CC)C1CC(C(C)(CC)CC)CC2(C1)C1CCC3C(C4C5CCCCC5CCC4C3(C)C)C1C1CC(CC(C)C)C3CCCCC3C12. The Kier molecular flexibility index (Phi) is 10.3. The summed E-state index contributed by atoms with van der Waals surface area (Å²) in [4.78, 5) is 0. The van der Waals surface area contributed by atoms with E-state index in [9.17, 15) is 0 Å². The van der Waals surface area contributed by atoms with Crippen LogP contribution >= 0.6 is 0 Å². The van der Waals surface area contributed by atoms with Gasteiger partial charge in [-0.2, -0.15) is 0 Å². The molecule has 1 spiro atoms. The van der Waals surface area contributed by atoms with Gasteiger partial charge in [-0.1, -0.05) is 127 Å². The van der Waals surface area contributed by atoms with E-state index in [0.29, 0.717) is 21.7 Å². The van der Waals surface area contributed by atoms with Crippen LogP contribution in [0.15, 0.2) is 0 Å². The van der Waals surface area contributed by atoms with Crippen molar-refractivity contribution in [1.29, 1.82) is 0 Å². The molecule has 8 rings (SSSR count). The lowest BCUT2D eigenvalue weighted by Gasteiger charge is -2.61. The highest BCUT2D eigenvalue weighted by molar-refractivity contribution is 5.21. The van der Waals surface area contributed by atoms with Gasteiger partial charge in [-0.25, -0.2) is 0 Å². The molecule has 0 nitrogen and oxygen atoms in total. The van der Waals surface area contributed by atoms with Crippen LogP contribution in [0.25, 0.3) is 0 Å². The Labute approximate surface area is 319 Å². The number of rotatable bonds is 8. The van der Waals surface area contributed by atoms with Gasteiger partial charge in [-0.15, -0.1) is 0 Å². The van der Waals surface area contributed by atoms with E-state index < -0.39 is 0 Å². The second kappa shape index (κ2) is 13.9. The molecule has 15 unspecified atom stereocenters. The number of hydrogen-bond donors (Lipinski definition) is 0. The number of fused-ring (bicyclic) bond motifs is 13. The molecule has 0 aromatic heterocycles. The first kappa shape index (κ1) is 37.9.